The lowest BCUT2D eigenvalue weighted by molar-refractivity contribution is 0.853. The Labute approximate surface area is 43.8 Å². The number of hydrogen-bond acceptors (Lipinski definition) is 1. The molecule has 1 fully saturated rings. The first kappa shape index (κ1) is 4.61. The van der Waals surface area contributed by atoms with Gasteiger partial charge >= 0.3 is 0 Å². The van der Waals surface area contributed by atoms with Gasteiger partial charge in [0, 0.05) is 0 Å². The van der Waals surface area contributed by atoms with Crippen LogP contribution in [0.3, 0.4) is 0 Å². The maximum absolute atomic E-state index is 3.87. The van der Waals surface area contributed by atoms with Crippen LogP contribution in [0.1, 0.15) is 12.8 Å². The Hall–Kier alpha value is -0.550. The first-order chi connectivity index (χ1) is 3.43. The molecule has 0 heterocycles. The zero-order valence-corrected chi connectivity index (χ0v) is 4.35. The summed E-state index contributed by atoms with van der Waals surface area (Å²) in [6.45, 7) is 4.33. The predicted molar refractivity (Wildman–Crippen MR) is 30.7 cm³/mol. The van der Waals surface area contributed by atoms with E-state index in [-0.39, 0.29) is 0 Å². The van der Waals surface area contributed by atoms with Gasteiger partial charge in [-0.15, -0.1) is 0 Å². The Morgan fingerprint density at radius 1 is 1.71 bits per heavy atom. The van der Waals surface area contributed by atoms with Crippen LogP contribution in [0.2, 0.25) is 0 Å². The summed E-state index contributed by atoms with van der Waals surface area (Å²) in [6, 6.07) is 0. The van der Waals surface area contributed by atoms with Crippen LogP contribution in [0.25, 0.3) is 0 Å². The van der Waals surface area contributed by atoms with Crippen LogP contribution in [0, 0.1) is 5.92 Å². The molecule has 0 radical (unpaired) electrons. The third-order valence-electron chi connectivity index (χ3n) is 1.16. The van der Waals surface area contributed by atoms with Gasteiger partial charge in [0.15, 0.2) is 0 Å². The molecule has 1 aliphatic rings. The van der Waals surface area contributed by atoms with E-state index in [1.165, 1.54) is 12.8 Å². The van der Waals surface area contributed by atoms with Crippen LogP contribution in [-0.2, 0) is 0 Å². The molecular formula is C6H9N. The Balaban J connectivity index is 2.09. The van der Waals surface area contributed by atoms with E-state index in [4.69, 9.17) is 0 Å². The highest BCUT2D eigenvalue weighted by Gasteiger charge is 2.19. The normalized spacial score (nSPS) is 18.3. The number of rotatable bonds is 2. The van der Waals surface area contributed by atoms with Crippen molar-refractivity contribution in [2.24, 2.45) is 10.9 Å². The molecule has 0 aliphatic heterocycles. The number of nitrogens with zero attached hydrogens (tertiary/aromatic N) is 1. The van der Waals surface area contributed by atoms with Crippen molar-refractivity contribution >= 4 is 5.87 Å². The van der Waals surface area contributed by atoms with Crippen molar-refractivity contribution in [1.82, 2.24) is 0 Å². The fourth-order valence-electron chi connectivity index (χ4n) is 0.494. The van der Waals surface area contributed by atoms with Crippen LogP contribution >= 0.6 is 0 Å². The van der Waals surface area contributed by atoms with Crippen LogP contribution in [-0.4, -0.2) is 12.4 Å². The fourth-order valence-corrected chi connectivity index (χ4v) is 0.494. The molecule has 0 bridgehead atoms. The van der Waals surface area contributed by atoms with Gasteiger partial charge in [0.05, 0.1) is 6.54 Å². The van der Waals surface area contributed by atoms with Gasteiger partial charge in [-0.1, -0.05) is 0 Å². The molecule has 0 unspecified atom stereocenters. The van der Waals surface area contributed by atoms with E-state index < -0.39 is 0 Å². The van der Waals surface area contributed by atoms with E-state index in [2.05, 4.69) is 17.4 Å². The third-order valence-corrected chi connectivity index (χ3v) is 1.16. The number of aliphatic imine (C=N–C) groups is 1. The highest BCUT2D eigenvalue weighted by Crippen LogP contribution is 2.28. The van der Waals surface area contributed by atoms with E-state index in [1.54, 1.807) is 0 Å². The minimum Gasteiger partial charge on any atom is -0.243 e. The van der Waals surface area contributed by atoms with Crippen LogP contribution in [0.5, 0.6) is 0 Å². The minimum atomic E-state index is 0.884. The molecule has 1 rings (SSSR count). The van der Waals surface area contributed by atoms with Crippen molar-refractivity contribution in [1.29, 1.82) is 0 Å². The molecule has 0 atom stereocenters. The smallest absolute Gasteiger partial charge is 0.0511 e. The lowest BCUT2D eigenvalue weighted by atomic mass is 10.4. The largest absolute Gasteiger partial charge is 0.243 e. The molecule has 0 saturated heterocycles. The van der Waals surface area contributed by atoms with Gasteiger partial charge in [-0.3, -0.25) is 0 Å². The van der Waals surface area contributed by atoms with Gasteiger partial charge in [0.2, 0.25) is 0 Å². The summed E-state index contributed by atoms with van der Waals surface area (Å²) < 4.78 is 0. The number of hydrogen-bond donors (Lipinski definition) is 0. The van der Waals surface area contributed by atoms with Crippen molar-refractivity contribution in [2.45, 2.75) is 12.8 Å². The topological polar surface area (TPSA) is 12.4 Å². The maximum atomic E-state index is 3.87. The second-order valence-corrected chi connectivity index (χ2v) is 1.94. The molecule has 0 amide bonds. The van der Waals surface area contributed by atoms with Crippen LogP contribution in [0.4, 0.5) is 0 Å². The molecule has 1 aliphatic carbocycles. The highest BCUT2D eigenvalue weighted by atomic mass is 14.7. The standard InChI is InChI=1S/C6H9N/c1-2-7-5-6-3-4-6/h6H,1,3-5H2. The molecule has 38 valence electrons. The molecule has 1 heteroatoms. The van der Waals surface area contributed by atoms with Crippen molar-refractivity contribution in [3.8, 4) is 0 Å². The van der Waals surface area contributed by atoms with E-state index in [9.17, 15) is 0 Å². The Kier molecular flexibility index (Phi) is 1.28. The van der Waals surface area contributed by atoms with Gasteiger partial charge in [0.25, 0.3) is 0 Å². The van der Waals surface area contributed by atoms with Crippen molar-refractivity contribution in [2.75, 3.05) is 6.54 Å². The lowest BCUT2D eigenvalue weighted by Crippen LogP contribution is -1.77. The summed E-state index contributed by atoms with van der Waals surface area (Å²) in [5.74, 6) is 3.40. The molecule has 1 nitrogen and oxygen atoms in total. The summed E-state index contributed by atoms with van der Waals surface area (Å²) in [7, 11) is 0. The zero-order chi connectivity index (χ0) is 5.11. The predicted octanol–water partition coefficient (Wildman–Crippen LogP) is 1.25. The fraction of sp³-hybridized carbons (Fsp3) is 0.667. The molecule has 1 saturated carbocycles. The second-order valence-electron chi connectivity index (χ2n) is 1.94. The van der Waals surface area contributed by atoms with Crippen LogP contribution in [0.15, 0.2) is 11.6 Å². The average molecular weight is 95.1 g/mol. The van der Waals surface area contributed by atoms with Crippen LogP contribution < -0.4 is 0 Å². The summed E-state index contributed by atoms with van der Waals surface area (Å²) in [4.78, 5) is 3.87. The molecular weight excluding hydrogens is 86.1 g/mol. The minimum absolute atomic E-state index is 0.884. The molecule has 0 aromatic rings. The maximum Gasteiger partial charge on any atom is 0.0511 e. The van der Waals surface area contributed by atoms with Gasteiger partial charge in [0.1, 0.15) is 0 Å². The van der Waals surface area contributed by atoms with Crippen molar-refractivity contribution in [3.63, 3.8) is 0 Å². The zero-order valence-electron chi connectivity index (χ0n) is 4.35. The first-order valence-corrected chi connectivity index (χ1v) is 2.62. The summed E-state index contributed by atoms with van der Waals surface area (Å²) in [5, 5.41) is 0. The quantitative estimate of drug-likeness (QED) is 0.458. The van der Waals surface area contributed by atoms with E-state index in [0.717, 1.165) is 12.5 Å². The molecule has 0 aromatic carbocycles. The van der Waals surface area contributed by atoms with Gasteiger partial charge in [-0.2, -0.15) is 0 Å². The van der Waals surface area contributed by atoms with Gasteiger partial charge < -0.3 is 0 Å². The molecule has 0 N–H and O–H groups in total. The van der Waals surface area contributed by atoms with E-state index in [0.29, 0.717) is 0 Å². The Morgan fingerprint density at radius 3 is 2.86 bits per heavy atom. The van der Waals surface area contributed by atoms with Gasteiger partial charge in [-0.05, 0) is 31.2 Å². The highest BCUT2D eigenvalue weighted by molar-refractivity contribution is 5.46. The molecule has 7 heavy (non-hydrogen) atoms. The van der Waals surface area contributed by atoms with Crippen molar-refractivity contribution in [3.05, 3.63) is 6.58 Å². The Morgan fingerprint density at radius 2 is 2.43 bits per heavy atom. The van der Waals surface area contributed by atoms with Gasteiger partial charge in [-0.25, -0.2) is 4.99 Å². The summed E-state index contributed by atoms with van der Waals surface area (Å²) >= 11 is 0. The SMILES string of the molecule is C=C=NCC1CC1. The van der Waals surface area contributed by atoms with Crippen molar-refractivity contribution < 1.29 is 0 Å². The van der Waals surface area contributed by atoms with E-state index >= 15 is 0 Å². The second kappa shape index (κ2) is 1.94. The molecule has 0 aromatic heterocycles. The Bertz CT molecular complexity index is 96.7. The third kappa shape index (κ3) is 1.56. The van der Waals surface area contributed by atoms with E-state index in [1.807, 2.05) is 0 Å². The first-order valence-electron chi connectivity index (χ1n) is 2.62. The summed E-state index contributed by atoms with van der Waals surface area (Å²) in [5.41, 5.74) is 0. The monoisotopic (exact) mass is 95.1 g/mol. The summed E-state index contributed by atoms with van der Waals surface area (Å²) in [6.07, 6.45) is 2.73. The molecule has 0 spiro atoms. The lowest BCUT2D eigenvalue weighted by Gasteiger charge is -1.77. The average Bonchev–Trinajstić information content (AvgIpc) is 2.42.